The van der Waals surface area contributed by atoms with Crippen LogP contribution in [0.2, 0.25) is 0 Å². The number of hydrogen-bond acceptors (Lipinski definition) is 4. The third-order valence-electron chi connectivity index (χ3n) is 3.71. The van der Waals surface area contributed by atoms with E-state index in [1.807, 2.05) is 38.1 Å². The molecule has 1 N–H and O–H groups in total. The fourth-order valence-corrected chi connectivity index (χ4v) is 2.51. The molecule has 0 fully saturated rings. The molecule has 0 atom stereocenters. The number of nitrogens with one attached hydrogen (secondary N) is 1. The van der Waals surface area contributed by atoms with E-state index in [4.69, 9.17) is 4.74 Å². The first-order valence-electron chi connectivity index (χ1n) is 8.54. The second-order valence-electron chi connectivity index (χ2n) is 6.15. The monoisotopic (exact) mass is 343 g/mol. The smallest absolute Gasteiger partial charge is 0.307 e. The van der Waals surface area contributed by atoms with Gasteiger partial charge in [0.1, 0.15) is 0 Å². The normalized spacial score (nSPS) is 10.8. The van der Waals surface area contributed by atoms with Crippen LogP contribution in [0.1, 0.15) is 48.8 Å². The van der Waals surface area contributed by atoms with Gasteiger partial charge in [-0.3, -0.25) is 9.59 Å². The number of esters is 1. The highest BCUT2D eigenvalue weighted by atomic mass is 16.5. The molecule has 1 aromatic heterocycles. The maximum Gasteiger partial charge on any atom is 0.307 e. The van der Waals surface area contributed by atoms with Crippen LogP contribution < -0.4 is 5.32 Å². The van der Waals surface area contributed by atoms with E-state index in [1.165, 1.54) is 5.56 Å². The summed E-state index contributed by atoms with van der Waals surface area (Å²) < 4.78 is 6.83. The van der Waals surface area contributed by atoms with Crippen LogP contribution >= 0.6 is 0 Å². The zero-order valence-electron chi connectivity index (χ0n) is 15.2. The molecular formula is C19H25N3O3. The summed E-state index contributed by atoms with van der Waals surface area (Å²) in [4.78, 5) is 23.9. The van der Waals surface area contributed by atoms with Gasteiger partial charge in [-0.05, 0) is 39.3 Å². The van der Waals surface area contributed by atoms with Crippen LogP contribution in [0.3, 0.4) is 0 Å². The third-order valence-corrected chi connectivity index (χ3v) is 3.71. The van der Waals surface area contributed by atoms with Gasteiger partial charge in [-0.2, -0.15) is 5.10 Å². The summed E-state index contributed by atoms with van der Waals surface area (Å²) >= 11 is 0. The molecular weight excluding hydrogens is 318 g/mol. The summed E-state index contributed by atoms with van der Waals surface area (Å²) in [5.41, 5.74) is 3.45. The minimum Gasteiger partial charge on any atom is -0.463 e. The van der Waals surface area contributed by atoms with E-state index in [9.17, 15) is 9.59 Å². The Morgan fingerprint density at radius 2 is 1.92 bits per heavy atom. The van der Waals surface area contributed by atoms with E-state index in [0.717, 1.165) is 11.4 Å². The lowest BCUT2D eigenvalue weighted by molar-refractivity contribution is -0.147. The largest absolute Gasteiger partial charge is 0.463 e. The van der Waals surface area contributed by atoms with E-state index in [2.05, 4.69) is 10.4 Å². The van der Waals surface area contributed by atoms with Crippen molar-refractivity contribution in [3.63, 3.8) is 0 Å². The topological polar surface area (TPSA) is 73.2 Å². The molecule has 6 heteroatoms. The Hall–Kier alpha value is -2.63. The fourth-order valence-electron chi connectivity index (χ4n) is 2.51. The second-order valence-corrected chi connectivity index (χ2v) is 6.15. The summed E-state index contributed by atoms with van der Waals surface area (Å²) in [5, 5.41) is 7.11. The highest BCUT2D eigenvalue weighted by Gasteiger charge is 2.17. The lowest BCUT2D eigenvalue weighted by atomic mass is 10.1. The zero-order valence-corrected chi connectivity index (χ0v) is 15.2. The Morgan fingerprint density at radius 3 is 2.52 bits per heavy atom. The van der Waals surface area contributed by atoms with Gasteiger partial charge >= 0.3 is 5.97 Å². The number of aromatic nitrogens is 2. The Morgan fingerprint density at radius 1 is 1.24 bits per heavy atom. The van der Waals surface area contributed by atoms with Crippen LogP contribution in [-0.2, 0) is 16.0 Å². The molecule has 1 heterocycles. The average molecular weight is 343 g/mol. The molecule has 0 aliphatic heterocycles. The SMILES string of the molecule is CCc1c(C(=O)NCCC(=O)OC(C)C)cnn1-c1ccc(C)cc1. The highest BCUT2D eigenvalue weighted by Crippen LogP contribution is 2.16. The molecule has 0 saturated carbocycles. The van der Waals surface area contributed by atoms with Crippen molar-refractivity contribution in [2.45, 2.75) is 46.6 Å². The second kappa shape index (κ2) is 8.46. The molecule has 0 aliphatic carbocycles. The van der Waals surface area contributed by atoms with Gasteiger partial charge in [0.25, 0.3) is 5.91 Å². The number of carbonyl (C=O) groups is 2. The molecule has 0 bridgehead atoms. The Labute approximate surface area is 148 Å². The van der Waals surface area contributed by atoms with Gasteiger partial charge in [-0.25, -0.2) is 4.68 Å². The molecule has 0 saturated heterocycles. The van der Waals surface area contributed by atoms with E-state index in [1.54, 1.807) is 24.7 Å². The molecule has 134 valence electrons. The maximum atomic E-state index is 12.4. The number of aryl methyl sites for hydroxylation is 1. The quantitative estimate of drug-likeness (QED) is 0.785. The summed E-state index contributed by atoms with van der Waals surface area (Å²) in [6, 6.07) is 7.98. The molecule has 0 aliphatic rings. The first kappa shape index (κ1) is 18.7. The number of benzene rings is 1. The molecule has 1 aromatic carbocycles. The molecule has 0 spiro atoms. The van der Waals surface area contributed by atoms with Crippen molar-refractivity contribution < 1.29 is 14.3 Å². The number of hydrogen-bond donors (Lipinski definition) is 1. The lowest BCUT2D eigenvalue weighted by Gasteiger charge is -2.10. The van der Waals surface area contributed by atoms with Gasteiger partial charge in [0.05, 0.1) is 35.7 Å². The first-order valence-corrected chi connectivity index (χ1v) is 8.54. The molecule has 2 rings (SSSR count). The highest BCUT2D eigenvalue weighted by molar-refractivity contribution is 5.95. The van der Waals surface area contributed by atoms with Crippen molar-refractivity contribution in [2.75, 3.05) is 6.54 Å². The van der Waals surface area contributed by atoms with E-state index >= 15 is 0 Å². The summed E-state index contributed by atoms with van der Waals surface area (Å²) in [5.74, 6) is -0.547. The summed E-state index contributed by atoms with van der Waals surface area (Å²) in [7, 11) is 0. The van der Waals surface area contributed by atoms with Crippen LogP contribution in [0.4, 0.5) is 0 Å². The van der Waals surface area contributed by atoms with Crippen molar-refractivity contribution in [3.8, 4) is 5.69 Å². The minimum atomic E-state index is -0.318. The third kappa shape index (κ3) is 4.92. The van der Waals surface area contributed by atoms with Crippen LogP contribution in [0.25, 0.3) is 5.69 Å². The van der Waals surface area contributed by atoms with Gasteiger partial charge in [-0.1, -0.05) is 24.6 Å². The van der Waals surface area contributed by atoms with Crippen molar-refractivity contribution >= 4 is 11.9 Å². The zero-order chi connectivity index (χ0) is 18.4. The standard InChI is InChI=1S/C19H25N3O3/c1-5-17-16(19(24)20-11-10-18(23)25-13(2)3)12-21-22(17)15-8-6-14(4)7-9-15/h6-9,12-13H,5,10-11H2,1-4H3,(H,20,24). The summed E-state index contributed by atoms with van der Waals surface area (Å²) in [6.45, 7) is 7.84. The number of ether oxygens (including phenoxy) is 1. The molecule has 0 unspecified atom stereocenters. The number of nitrogens with zero attached hydrogens (tertiary/aromatic N) is 2. The number of carbonyl (C=O) groups excluding carboxylic acids is 2. The van der Waals surface area contributed by atoms with Gasteiger partial charge in [0.2, 0.25) is 0 Å². The molecule has 2 aromatic rings. The van der Waals surface area contributed by atoms with E-state index in [-0.39, 0.29) is 30.9 Å². The molecule has 6 nitrogen and oxygen atoms in total. The van der Waals surface area contributed by atoms with Crippen LogP contribution in [0, 0.1) is 6.92 Å². The van der Waals surface area contributed by atoms with Crippen LogP contribution in [0.15, 0.2) is 30.5 Å². The van der Waals surface area contributed by atoms with Gasteiger partial charge in [0.15, 0.2) is 0 Å². The van der Waals surface area contributed by atoms with Crippen molar-refractivity contribution in [3.05, 3.63) is 47.3 Å². The number of amides is 1. The molecule has 1 amide bonds. The average Bonchev–Trinajstić information content (AvgIpc) is 2.98. The number of rotatable bonds is 7. The maximum absolute atomic E-state index is 12.4. The van der Waals surface area contributed by atoms with Crippen molar-refractivity contribution in [1.29, 1.82) is 0 Å². The predicted octanol–water partition coefficient (Wildman–Crippen LogP) is 2.81. The fraction of sp³-hybridized carbons (Fsp3) is 0.421. The Kier molecular flexibility index (Phi) is 6.33. The predicted molar refractivity (Wildman–Crippen MR) is 95.9 cm³/mol. The summed E-state index contributed by atoms with van der Waals surface area (Å²) in [6.07, 6.45) is 2.24. The Bertz CT molecular complexity index is 733. The van der Waals surface area contributed by atoms with Crippen LogP contribution in [-0.4, -0.2) is 34.3 Å². The lowest BCUT2D eigenvalue weighted by Crippen LogP contribution is -2.27. The molecule has 0 radical (unpaired) electrons. The Balaban J connectivity index is 2.05. The van der Waals surface area contributed by atoms with Crippen molar-refractivity contribution in [1.82, 2.24) is 15.1 Å². The van der Waals surface area contributed by atoms with Gasteiger partial charge in [0, 0.05) is 6.54 Å². The molecule has 25 heavy (non-hydrogen) atoms. The van der Waals surface area contributed by atoms with Crippen LogP contribution in [0.5, 0.6) is 0 Å². The first-order chi connectivity index (χ1) is 11.9. The van der Waals surface area contributed by atoms with Crippen molar-refractivity contribution in [2.24, 2.45) is 0 Å². The van der Waals surface area contributed by atoms with E-state index in [0.29, 0.717) is 12.0 Å². The minimum absolute atomic E-state index is 0.150. The van der Waals surface area contributed by atoms with Gasteiger partial charge in [-0.15, -0.1) is 0 Å². The van der Waals surface area contributed by atoms with Gasteiger partial charge < -0.3 is 10.1 Å². The van der Waals surface area contributed by atoms with E-state index < -0.39 is 0 Å².